The highest BCUT2D eigenvalue weighted by Gasteiger charge is 2.26. The summed E-state index contributed by atoms with van der Waals surface area (Å²) in [4.78, 5) is 22.3. The van der Waals surface area contributed by atoms with Crippen molar-refractivity contribution in [2.24, 2.45) is 0 Å². The second-order valence-electron chi connectivity index (χ2n) is 5.09. The van der Waals surface area contributed by atoms with E-state index in [1.165, 1.54) is 12.1 Å². The molecule has 0 spiro atoms. The predicted molar refractivity (Wildman–Crippen MR) is 77.6 cm³/mol. The van der Waals surface area contributed by atoms with Gasteiger partial charge in [0.25, 0.3) is 5.91 Å². The average Bonchev–Trinajstić information content (AvgIpc) is 2.86. The van der Waals surface area contributed by atoms with E-state index >= 15 is 0 Å². The molecule has 1 aromatic carbocycles. The first kappa shape index (κ1) is 16.4. The second kappa shape index (κ2) is 7.31. The van der Waals surface area contributed by atoms with Crippen molar-refractivity contribution >= 4 is 23.6 Å². The number of benzene rings is 1. The molecule has 0 aliphatic heterocycles. The van der Waals surface area contributed by atoms with Crippen molar-refractivity contribution in [2.45, 2.75) is 31.3 Å². The van der Waals surface area contributed by atoms with Crippen molar-refractivity contribution in [2.75, 3.05) is 6.61 Å². The van der Waals surface area contributed by atoms with Gasteiger partial charge in [0, 0.05) is 18.2 Å². The SMILES string of the molecule is O=C(O)N[C@H]1CC[C@@H](NC(=O)COc2ccc(Cl)c(F)c2)C1. The van der Waals surface area contributed by atoms with E-state index < -0.39 is 11.9 Å². The number of rotatable bonds is 5. The summed E-state index contributed by atoms with van der Waals surface area (Å²) in [7, 11) is 0. The smallest absolute Gasteiger partial charge is 0.404 e. The molecule has 22 heavy (non-hydrogen) atoms. The molecule has 0 saturated heterocycles. The molecule has 6 nitrogen and oxygen atoms in total. The van der Waals surface area contributed by atoms with Crippen molar-refractivity contribution in [3.05, 3.63) is 29.0 Å². The summed E-state index contributed by atoms with van der Waals surface area (Å²) < 4.78 is 18.4. The molecule has 1 fully saturated rings. The summed E-state index contributed by atoms with van der Waals surface area (Å²) in [6.45, 7) is -0.241. The van der Waals surface area contributed by atoms with Crippen LogP contribution in [0.1, 0.15) is 19.3 Å². The standard InChI is InChI=1S/C14H16ClFN2O4/c15-11-4-3-10(6-12(11)16)22-7-13(19)17-8-1-2-9(5-8)18-14(20)21/h3-4,6,8-9,18H,1-2,5,7H2,(H,17,19)(H,20,21)/t8-,9+/m1/s1. The topological polar surface area (TPSA) is 87.7 Å². The zero-order valence-corrected chi connectivity index (χ0v) is 12.4. The Bertz CT molecular complexity index is 570. The van der Waals surface area contributed by atoms with Gasteiger partial charge in [-0.05, 0) is 31.4 Å². The van der Waals surface area contributed by atoms with E-state index in [0.717, 1.165) is 6.07 Å². The first-order chi connectivity index (χ1) is 10.4. The lowest BCUT2D eigenvalue weighted by Crippen LogP contribution is -2.38. The number of ether oxygens (including phenoxy) is 1. The molecule has 8 heteroatoms. The molecule has 0 unspecified atom stereocenters. The quantitative estimate of drug-likeness (QED) is 0.772. The van der Waals surface area contributed by atoms with Crippen molar-refractivity contribution in [3.63, 3.8) is 0 Å². The van der Waals surface area contributed by atoms with Gasteiger partial charge in [0.05, 0.1) is 5.02 Å². The third kappa shape index (κ3) is 4.77. The Morgan fingerprint density at radius 2 is 2.00 bits per heavy atom. The molecule has 1 aliphatic carbocycles. The van der Waals surface area contributed by atoms with E-state index in [-0.39, 0.29) is 35.4 Å². The maximum absolute atomic E-state index is 13.2. The fourth-order valence-electron chi connectivity index (χ4n) is 2.40. The molecule has 1 aromatic rings. The molecule has 0 aromatic heterocycles. The Hall–Kier alpha value is -2.02. The van der Waals surface area contributed by atoms with Gasteiger partial charge in [0.15, 0.2) is 6.61 Å². The van der Waals surface area contributed by atoms with E-state index in [0.29, 0.717) is 19.3 Å². The van der Waals surface area contributed by atoms with E-state index in [1.807, 2.05) is 0 Å². The van der Waals surface area contributed by atoms with Gasteiger partial charge in [-0.2, -0.15) is 0 Å². The monoisotopic (exact) mass is 330 g/mol. The number of halogens is 2. The van der Waals surface area contributed by atoms with Crippen LogP contribution in [0.3, 0.4) is 0 Å². The van der Waals surface area contributed by atoms with Gasteiger partial charge < -0.3 is 20.5 Å². The minimum absolute atomic E-state index is 0.0141. The molecule has 1 saturated carbocycles. The van der Waals surface area contributed by atoms with Gasteiger partial charge in [-0.15, -0.1) is 0 Å². The van der Waals surface area contributed by atoms with Crippen molar-refractivity contribution < 1.29 is 23.8 Å². The molecule has 2 atom stereocenters. The van der Waals surface area contributed by atoms with Gasteiger partial charge >= 0.3 is 6.09 Å². The summed E-state index contributed by atoms with van der Waals surface area (Å²) in [6, 6.07) is 3.70. The number of carbonyl (C=O) groups is 2. The van der Waals surface area contributed by atoms with Gasteiger partial charge in [-0.25, -0.2) is 9.18 Å². The third-order valence-electron chi connectivity index (χ3n) is 3.39. The molecule has 0 bridgehead atoms. The minimum Gasteiger partial charge on any atom is -0.484 e. The largest absolute Gasteiger partial charge is 0.484 e. The van der Waals surface area contributed by atoms with Crippen LogP contribution in [0.4, 0.5) is 9.18 Å². The van der Waals surface area contributed by atoms with E-state index in [2.05, 4.69) is 10.6 Å². The summed E-state index contributed by atoms with van der Waals surface area (Å²) in [5, 5.41) is 13.8. The maximum atomic E-state index is 13.2. The Morgan fingerprint density at radius 1 is 1.32 bits per heavy atom. The Labute approximate surface area is 131 Å². The van der Waals surface area contributed by atoms with Crippen molar-refractivity contribution in [1.82, 2.24) is 10.6 Å². The highest BCUT2D eigenvalue weighted by Crippen LogP contribution is 2.21. The van der Waals surface area contributed by atoms with Gasteiger partial charge in [0.1, 0.15) is 11.6 Å². The van der Waals surface area contributed by atoms with Crippen LogP contribution in [-0.4, -0.2) is 35.8 Å². The van der Waals surface area contributed by atoms with Crippen LogP contribution in [0, 0.1) is 5.82 Å². The van der Waals surface area contributed by atoms with Crippen LogP contribution in [0.2, 0.25) is 5.02 Å². The lowest BCUT2D eigenvalue weighted by atomic mass is 10.2. The first-order valence-corrected chi connectivity index (χ1v) is 7.18. The summed E-state index contributed by atoms with van der Waals surface area (Å²) in [6.07, 6.45) is 0.866. The number of nitrogens with one attached hydrogen (secondary N) is 2. The van der Waals surface area contributed by atoms with Gasteiger partial charge in [-0.1, -0.05) is 11.6 Å². The predicted octanol–water partition coefficient (Wildman–Crippen LogP) is 2.16. The molecular weight excluding hydrogens is 315 g/mol. The molecule has 1 aliphatic rings. The van der Waals surface area contributed by atoms with Crippen molar-refractivity contribution in [1.29, 1.82) is 0 Å². The molecule has 2 rings (SSSR count). The first-order valence-electron chi connectivity index (χ1n) is 6.80. The van der Waals surface area contributed by atoms with E-state index in [1.54, 1.807) is 0 Å². The highest BCUT2D eigenvalue weighted by atomic mass is 35.5. The molecule has 120 valence electrons. The highest BCUT2D eigenvalue weighted by molar-refractivity contribution is 6.30. The normalized spacial score (nSPS) is 20.5. The Balaban J connectivity index is 1.74. The second-order valence-corrected chi connectivity index (χ2v) is 5.50. The van der Waals surface area contributed by atoms with Gasteiger partial charge in [-0.3, -0.25) is 4.79 Å². The van der Waals surface area contributed by atoms with Crippen LogP contribution < -0.4 is 15.4 Å². The van der Waals surface area contributed by atoms with Crippen LogP contribution in [0.15, 0.2) is 18.2 Å². The molecule has 2 amide bonds. The summed E-state index contributed by atoms with van der Waals surface area (Å²) >= 11 is 5.55. The summed E-state index contributed by atoms with van der Waals surface area (Å²) in [5.74, 6) is -0.733. The Kier molecular flexibility index (Phi) is 5.43. The summed E-state index contributed by atoms with van der Waals surface area (Å²) in [5.41, 5.74) is 0. The Morgan fingerprint density at radius 3 is 2.64 bits per heavy atom. The van der Waals surface area contributed by atoms with E-state index in [4.69, 9.17) is 21.4 Å². The lowest BCUT2D eigenvalue weighted by molar-refractivity contribution is -0.123. The zero-order chi connectivity index (χ0) is 16.1. The minimum atomic E-state index is -1.06. The lowest BCUT2D eigenvalue weighted by Gasteiger charge is -2.14. The molecule has 3 N–H and O–H groups in total. The van der Waals surface area contributed by atoms with Crippen LogP contribution in [-0.2, 0) is 4.79 Å². The fourth-order valence-corrected chi connectivity index (χ4v) is 2.52. The van der Waals surface area contributed by atoms with Crippen LogP contribution in [0.25, 0.3) is 0 Å². The molecule has 0 radical (unpaired) electrons. The zero-order valence-electron chi connectivity index (χ0n) is 11.6. The number of hydrogen-bond acceptors (Lipinski definition) is 3. The third-order valence-corrected chi connectivity index (χ3v) is 3.69. The van der Waals surface area contributed by atoms with Crippen LogP contribution in [0.5, 0.6) is 5.75 Å². The molecular formula is C14H16ClFN2O4. The van der Waals surface area contributed by atoms with Crippen LogP contribution >= 0.6 is 11.6 Å². The average molecular weight is 331 g/mol. The molecule has 0 heterocycles. The number of carbonyl (C=O) groups excluding carboxylic acids is 1. The number of carboxylic acid groups (broad SMARTS) is 1. The fraction of sp³-hybridized carbons (Fsp3) is 0.429. The number of amides is 2. The number of hydrogen-bond donors (Lipinski definition) is 3. The maximum Gasteiger partial charge on any atom is 0.404 e. The van der Waals surface area contributed by atoms with Crippen molar-refractivity contribution in [3.8, 4) is 5.75 Å². The van der Waals surface area contributed by atoms with E-state index in [9.17, 15) is 14.0 Å². The van der Waals surface area contributed by atoms with Gasteiger partial charge in [0.2, 0.25) is 0 Å².